The van der Waals surface area contributed by atoms with Crippen LogP contribution < -0.4 is 0 Å². The second-order valence-electron chi connectivity index (χ2n) is 9.98. The summed E-state index contributed by atoms with van der Waals surface area (Å²) in [7, 11) is 0. The van der Waals surface area contributed by atoms with Crippen molar-refractivity contribution in [3.05, 3.63) is 83.7 Å². The topological polar surface area (TPSA) is 49.9 Å². The highest BCUT2D eigenvalue weighted by molar-refractivity contribution is 6.07. The minimum atomic E-state index is -0.321. The van der Waals surface area contributed by atoms with Crippen LogP contribution in [0, 0.1) is 17.7 Å². The summed E-state index contributed by atoms with van der Waals surface area (Å²) < 4.78 is 18.7. The maximum absolute atomic E-state index is 13.6. The van der Waals surface area contributed by atoms with E-state index in [0.29, 0.717) is 31.2 Å². The standard InChI is InChI=1S/C30H33FN2O3/c1-2-36-30(35)28-20-33(29(34)27-9-5-7-23-6-3-4-8-26(23)27)19-24(28)18-32-16-14-22(15-17-32)21-10-12-25(31)13-11-21/h3-13,22,24,28H,2,14-20H2,1H3/t24?,28-/m1/s1. The number of carbonyl (C=O) groups is 2. The predicted octanol–water partition coefficient (Wildman–Crippen LogP) is 5.11. The first-order chi connectivity index (χ1) is 17.5. The van der Waals surface area contributed by atoms with Gasteiger partial charge in [0.2, 0.25) is 0 Å². The van der Waals surface area contributed by atoms with E-state index in [-0.39, 0.29) is 29.5 Å². The van der Waals surface area contributed by atoms with Crippen molar-refractivity contribution >= 4 is 22.6 Å². The van der Waals surface area contributed by atoms with Crippen molar-refractivity contribution in [3.63, 3.8) is 0 Å². The van der Waals surface area contributed by atoms with Gasteiger partial charge < -0.3 is 14.5 Å². The smallest absolute Gasteiger partial charge is 0.311 e. The Morgan fingerprint density at radius 1 is 0.944 bits per heavy atom. The molecule has 0 saturated carbocycles. The second kappa shape index (κ2) is 10.8. The Balaban J connectivity index is 1.28. The van der Waals surface area contributed by atoms with Crippen molar-refractivity contribution in [2.75, 3.05) is 39.3 Å². The number of rotatable bonds is 6. The zero-order valence-corrected chi connectivity index (χ0v) is 20.7. The van der Waals surface area contributed by atoms with Gasteiger partial charge in [-0.3, -0.25) is 9.59 Å². The van der Waals surface area contributed by atoms with Crippen molar-refractivity contribution in [2.45, 2.75) is 25.7 Å². The van der Waals surface area contributed by atoms with Crippen molar-refractivity contribution in [1.82, 2.24) is 9.80 Å². The molecule has 5 nitrogen and oxygen atoms in total. The largest absolute Gasteiger partial charge is 0.466 e. The van der Waals surface area contributed by atoms with E-state index < -0.39 is 0 Å². The first kappa shape index (κ1) is 24.4. The van der Waals surface area contributed by atoms with Gasteiger partial charge in [-0.25, -0.2) is 4.39 Å². The van der Waals surface area contributed by atoms with Crippen molar-refractivity contribution in [2.24, 2.45) is 11.8 Å². The first-order valence-corrected chi connectivity index (χ1v) is 12.9. The van der Waals surface area contributed by atoms with Crippen LogP contribution in [0.5, 0.6) is 0 Å². The van der Waals surface area contributed by atoms with E-state index in [2.05, 4.69) is 4.90 Å². The number of benzene rings is 3. The number of amides is 1. The van der Waals surface area contributed by atoms with Gasteiger partial charge in [0.25, 0.3) is 5.91 Å². The summed E-state index contributed by atoms with van der Waals surface area (Å²) in [6, 6.07) is 20.5. The number of hydrogen-bond acceptors (Lipinski definition) is 4. The number of likely N-dealkylation sites (tertiary alicyclic amines) is 2. The third-order valence-corrected chi connectivity index (χ3v) is 7.76. The maximum atomic E-state index is 13.6. The van der Waals surface area contributed by atoms with Gasteiger partial charge in [0.1, 0.15) is 5.82 Å². The third kappa shape index (κ3) is 5.14. The van der Waals surface area contributed by atoms with E-state index in [0.717, 1.165) is 43.2 Å². The van der Waals surface area contributed by atoms with Crippen molar-refractivity contribution < 1.29 is 18.7 Å². The molecule has 2 heterocycles. The SMILES string of the molecule is CCOC(=O)[C@@H]1CN(C(=O)c2cccc3ccccc23)CC1CN1CCC(c2ccc(F)cc2)CC1. The Kier molecular flexibility index (Phi) is 7.33. The average molecular weight is 489 g/mol. The van der Waals surface area contributed by atoms with E-state index in [9.17, 15) is 14.0 Å². The number of piperidine rings is 1. The molecule has 0 aliphatic carbocycles. The molecule has 1 amide bonds. The quantitative estimate of drug-likeness (QED) is 0.453. The molecule has 0 spiro atoms. The van der Waals surface area contributed by atoms with Crippen molar-refractivity contribution in [1.29, 1.82) is 0 Å². The number of halogens is 1. The van der Waals surface area contributed by atoms with Crippen molar-refractivity contribution in [3.8, 4) is 0 Å². The lowest BCUT2D eigenvalue weighted by atomic mass is 9.88. The molecule has 0 N–H and O–H groups in total. The Labute approximate surface area is 211 Å². The number of fused-ring (bicyclic) bond motifs is 1. The lowest BCUT2D eigenvalue weighted by molar-refractivity contribution is -0.149. The zero-order valence-electron chi connectivity index (χ0n) is 20.7. The van der Waals surface area contributed by atoms with Gasteiger partial charge in [-0.1, -0.05) is 48.5 Å². The van der Waals surface area contributed by atoms with Gasteiger partial charge in [-0.05, 0) is 73.3 Å². The molecule has 0 radical (unpaired) electrons. The number of carbonyl (C=O) groups excluding carboxylic acids is 2. The van der Waals surface area contributed by atoms with Crippen LogP contribution in [0.3, 0.4) is 0 Å². The highest BCUT2D eigenvalue weighted by Crippen LogP contribution is 2.32. The third-order valence-electron chi connectivity index (χ3n) is 7.76. The number of nitrogens with zero attached hydrogens (tertiary/aromatic N) is 2. The zero-order chi connectivity index (χ0) is 25.1. The lowest BCUT2D eigenvalue weighted by Gasteiger charge is -2.34. The summed E-state index contributed by atoms with van der Waals surface area (Å²) in [5.74, 6) is -0.305. The van der Waals surface area contributed by atoms with E-state index >= 15 is 0 Å². The van der Waals surface area contributed by atoms with Gasteiger partial charge in [-0.15, -0.1) is 0 Å². The molecule has 0 bridgehead atoms. The Bertz CT molecular complexity index is 1220. The van der Waals surface area contributed by atoms with Crippen LogP contribution in [0.2, 0.25) is 0 Å². The van der Waals surface area contributed by atoms with Gasteiger partial charge in [-0.2, -0.15) is 0 Å². The van der Waals surface area contributed by atoms with E-state index in [1.54, 1.807) is 0 Å². The van der Waals surface area contributed by atoms with Crippen LogP contribution in [-0.2, 0) is 9.53 Å². The average Bonchev–Trinajstić information content (AvgIpc) is 3.33. The maximum Gasteiger partial charge on any atom is 0.311 e. The van der Waals surface area contributed by atoms with Gasteiger partial charge in [0.05, 0.1) is 12.5 Å². The predicted molar refractivity (Wildman–Crippen MR) is 138 cm³/mol. The highest BCUT2D eigenvalue weighted by Gasteiger charge is 2.42. The number of ether oxygens (including phenoxy) is 1. The van der Waals surface area contributed by atoms with Crippen LogP contribution in [0.4, 0.5) is 4.39 Å². The molecule has 2 aliphatic rings. The molecule has 3 aromatic rings. The summed E-state index contributed by atoms with van der Waals surface area (Å²) in [5, 5.41) is 1.97. The fourth-order valence-electron chi connectivity index (χ4n) is 5.84. The second-order valence-corrected chi connectivity index (χ2v) is 9.98. The molecule has 188 valence electrons. The minimum Gasteiger partial charge on any atom is -0.466 e. The molecular weight excluding hydrogens is 455 g/mol. The molecular formula is C30H33FN2O3. The van der Waals surface area contributed by atoms with E-state index in [4.69, 9.17) is 4.74 Å². The Hall–Kier alpha value is -3.25. The fourth-order valence-corrected chi connectivity index (χ4v) is 5.84. The van der Waals surface area contributed by atoms with Gasteiger partial charge in [0.15, 0.2) is 0 Å². The molecule has 3 aromatic carbocycles. The lowest BCUT2D eigenvalue weighted by Crippen LogP contribution is -2.40. The summed E-state index contributed by atoms with van der Waals surface area (Å²) in [4.78, 5) is 30.7. The highest BCUT2D eigenvalue weighted by atomic mass is 19.1. The molecule has 2 fully saturated rings. The molecule has 0 aromatic heterocycles. The number of esters is 1. The Morgan fingerprint density at radius 2 is 1.67 bits per heavy atom. The van der Waals surface area contributed by atoms with Gasteiger partial charge >= 0.3 is 5.97 Å². The molecule has 2 saturated heterocycles. The summed E-state index contributed by atoms with van der Waals surface area (Å²) in [5.41, 5.74) is 1.87. The normalized spacial score (nSPS) is 21.1. The molecule has 6 heteroatoms. The van der Waals surface area contributed by atoms with Crippen LogP contribution in [0.1, 0.15) is 41.6 Å². The van der Waals surface area contributed by atoms with Crippen LogP contribution in [0.25, 0.3) is 10.8 Å². The van der Waals surface area contributed by atoms with E-state index in [1.165, 1.54) is 17.7 Å². The first-order valence-electron chi connectivity index (χ1n) is 12.9. The molecule has 2 atom stereocenters. The monoisotopic (exact) mass is 488 g/mol. The summed E-state index contributed by atoms with van der Waals surface area (Å²) >= 11 is 0. The molecule has 36 heavy (non-hydrogen) atoms. The van der Waals surface area contributed by atoms with E-state index in [1.807, 2.05) is 66.4 Å². The Morgan fingerprint density at radius 3 is 2.42 bits per heavy atom. The minimum absolute atomic E-state index is 0.0291. The van der Waals surface area contributed by atoms with Gasteiger partial charge in [0, 0.05) is 31.1 Å². The fraction of sp³-hybridized carbons (Fsp3) is 0.400. The van der Waals surface area contributed by atoms with Crippen LogP contribution in [-0.4, -0.2) is 61.0 Å². The molecule has 1 unspecified atom stereocenters. The molecule has 2 aliphatic heterocycles. The summed E-state index contributed by atoms with van der Waals surface area (Å²) in [6.45, 7) is 5.69. The molecule has 5 rings (SSSR count). The number of hydrogen-bond donors (Lipinski definition) is 0. The summed E-state index contributed by atoms with van der Waals surface area (Å²) in [6.07, 6.45) is 2.00. The van der Waals surface area contributed by atoms with Crippen LogP contribution >= 0.6 is 0 Å². The van der Waals surface area contributed by atoms with Crippen LogP contribution in [0.15, 0.2) is 66.7 Å².